The maximum atomic E-state index is 2.37. The summed E-state index contributed by atoms with van der Waals surface area (Å²) >= 11 is 0. The highest BCUT2D eigenvalue weighted by Crippen LogP contribution is 2.75. The minimum Gasteiger partial charge on any atom is -0.0613 e. The van der Waals surface area contributed by atoms with Gasteiger partial charge in [0.1, 0.15) is 0 Å². The average molecular weight is 192 g/mol. The predicted molar refractivity (Wildman–Crippen MR) is 61.0 cm³/mol. The van der Waals surface area contributed by atoms with Crippen LogP contribution in [0.25, 0.3) is 10.8 Å². The van der Waals surface area contributed by atoms with E-state index >= 15 is 0 Å². The largest absolute Gasteiger partial charge is 0.0613 e. The molecule has 3 aliphatic carbocycles. The highest BCUT2D eigenvalue weighted by molar-refractivity contribution is 5.93. The lowest BCUT2D eigenvalue weighted by Gasteiger charge is -2.31. The molecule has 2 saturated carbocycles. The quantitative estimate of drug-likeness (QED) is 0.597. The van der Waals surface area contributed by atoms with Crippen LogP contribution in [0.2, 0.25) is 0 Å². The zero-order valence-corrected chi connectivity index (χ0v) is 8.48. The zero-order valence-electron chi connectivity index (χ0n) is 8.48. The molecule has 0 N–H and O–H groups in total. The Kier molecular flexibility index (Phi) is 0.927. The van der Waals surface area contributed by atoms with E-state index in [0.29, 0.717) is 0 Å². The van der Waals surface area contributed by atoms with Crippen LogP contribution >= 0.6 is 0 Å². The van der Waals surface area contributed by atoms with Crippen molar-refractivity contribution in [2.75, 3.05) is 0 Å². The molecule has 5 rings (SSSR count). The SMILES string of the molecule is c1cc2c3c(cccc3c1)C1C2[C@H]2C[C@@H]12. The Morgan fingerprint density at radius 1 is 0.800 bits per heavy atom. The second-order valence-corrected chi connectivity index (χ2v) is 5.41. The molecule has 2 unspecified atom stereocenters. The molecule has 0 radical (unpaired) electrons. The lowest BCUT2D eigenvalue weighted by atomic mass is 9.72. The topological polar surface area (TPSA) is 0 Å². The summed E-state index contributed by atoms with van der Waals surface area (Å²) in [6.07, 6.45) is 1.50. The molecule has 0 bridgehead atoms. The van der Waals surface area contributed by atoms with Gasteiger partial charge in [0, 0.05) is 0 Å². The van der Waals surface area contributed by atoms with Crippen molar-refractivity contribution in [3.63, 3.8) is 0 Å². The summed E-state index contributed by atoms with van der Waals surface area (Å²) in [4.78, 5) is 0. The number of hydrogen-bond donors (Lipinski definition) is 0. The maximum absolute atomic E-state index is 2.37. The summed E-state index contributed by atoms with van der Waals surface area (Å²) in [5.41, 5.74) is 3.32. The molecule has 0 aromatic heterocycles. The third-order valence-corrected chi connectivity index (χ3v) is 4.89. The number of rotatable bonds is 0. The van der Waals surface area contributed by atoms with Crippen LogP contribution in [0.1, 0.15) is 29.4 Å². The summed E-state index contributed by atoms with van der Waals surface area (Å²) < 4.78 is 0. The molecular weight excluding hydrogens is 180 g/mol. The van der Waals surface area contributed by atoms with Crippen LogP contribution in [0, 0.1) is 11.8 Å². The van der Waals surface area contributed by atoms with Gasteiger partial charge in [0.2, 0.25) is 0 Å². The Bertz CT molecular complexity index is 547. The minimum absolute atomic E-state index is 0.899. The molecule has 2 aromatic rings. The fraction of sp³-hybridized carbons (Fsp3) is 0.333. The van der Waals surface area contributed by atoms with E-state index in [0.717, 1.165) is 23.7 Å². The Hall–Kier alpha value is -1.30. The third-order valence-electron chi connectivity index (χ3n) is 4.89. The first-order valence-corrected chi connectivity index (χ1v) is 5.97. The van der Waals surface area contributed by atoms with Gasteiger partial charge in [-0.2, -0.15) is 0 Å². The van der Waals surface area contributed by atoms with Crippen molar-refractivity contribution in [2.24, 2.45) is 11.8 Å². The summed E-state index contributed by atoms with van der Waals surface area (Å²) in [5, 5.41) is 3.06. The van der Waals surface area contributed by atoms with Crippen molar-refractivity contribution in [3.8, 4) is 0 Å². The first kappa shape index (κ1) is 7.05. The monoisotopic (exact) mass is 192 g/mol. The van der Waals surface area contributed by atoms with Crippen molar-refractivity contribution in [1.82, 2.24) is 0 Å². The third kappa shape index (κ3) is 0.613. The number of benzene rings is 2. The molecule has 0 heteroatoms. The van der Waals surface area contributed by atoms with Gasteiger partial charge < -0.3 is 0 Å². The number of fused-ring (bicyclic) bond motifs is 6. The van der Waals surface area contributed by atoms with Gasteiger partial charge in [-0.1, -0.05) is 36.4 Å². The van der Waals surface area contributed by atoms with E-state index in [1.165, 1.54) is 11.8 Å². The minimum atomic E-state index is 0.899. The van der Waals surface area contributed by atoms with Crippen LogP contribution in [0.5, 0.6) is 0 Å². The maximum Gasteiger partial charge on any atom is -0.00525 e. The van der Waals surface area contributed by atoms with Crippen LogP contribution in [0.4, 0.5) is 0 Å². The molecule has 15 heavy (non-hydrogen) atoms. The van der Waals surface area contributed by atoms with E-state index in [1.807, 2.05) is 0 Å². The van der Waals surface area contributed by atoms with Crippen LogP contribution in [0.3, 0.4) is 0 Å². The Balaban J connectivity index is 1.98. The van der Waals surface area contributed by atoms with Gasteiger partial charge in [0.25, 0.3) is 0 Å². The van der Waals surface area contributed by atoms with Gasteiger partial charge in [0.15, 0.2) is 0 Å². The molecule has 2 fully saturated rings. The number of hydrogen-bond acceptors (Lipinski definition) is 0. The summed E-state index contributed by atoms with van der Waals surface area (Å²) in [6.45, 7) is 0. The van der Waals surface area contributed by atoms with E-state index in [9.17, 15) is 0 Å². The van der Waals surface area contributed by atoms with Gasteiger partial charge in [-0.3, -0.25) is 0 Å². The fourth-order valence-electron chi connectivity index (χ4n) is 4.25. The van der Waals surface area contributed by atoms with Gasteiger partial charge in [-0.15, -0.1) is 0 Å². The molecular formula is C15H12. The average Bonchev–Trinajstić information content (AvgIpc) is 2.86. The van der Waals surface area contributed by atoms with Crippen LogP contribution in [0.15, 0.2) is 36.4 Å². The highest BCUT2D eigenvalue weighted by Gasteiger charge is 2.64. The van der Waals surface area contributed by atoms with Crippen LogP contribution < -0.4 is 0 Å². The van der Waals surface area contributed by atoms with E-state index in [-0.39, 0.29) is 0 Å². The molecule has 72 valence electrons. The highest BCUT2D eigenvalue weighted by atomic mass is 14.7. The molecule has 0 heterocycles. The smallest absolute Gasteiger partial charge is 0.00525 e. The summed E-state index contributed by atoms with van der Waals surface area (Å²) in [5.74, 6) is 3.90. The molecule has 0 aliphatic heterocycles. The standard InChI is InChI=1S/C15H12/c1-3-8-4-2-6-10-13(8)9(5-1)14-11-7-12(11)15(10)14/h1-6,11-12,14-15H,7H2/t11-,12+,14?,15?. The Morgan fingerprint density at radius 3 is 2.00 bits per heavy atom. The van der Waals surface area contributed by atoms with Crippen molar-refractivity contribution < 1.29 is 0 Å². The molecule has 0 spiro atoms. The van der Waals surface area contributed by atoms with Crippen molar-refractivity contribution in [1.29, 1.82) is 0 Å². The summed E-state index contributed by atoms with van der Waals surface area (Å²) in [7, 11) is 0. The lowest BCUT2D eigenvalue weighted by molar-refractivity contribution is 0.334. The lowest BCUT2D eigenvalue weighted by Crippen LogP contribution is -2.20. The second kappa shape index (κ2) is 1.97. The van der Waals surface area contributed by atoms with E-state index in [4.69, 9.17) is 0 Å². The molecule has 3 aliphatic rings. The molecule has 0 amide bonds. The van der Waals surface area contributed by atoms with Gasteiger partial charge in [-0.25, -0.2) is 0 Å². The van der Waals surface area contributed by atoms with E-state index in [2.05, 4.69) is 36.4 Å². The van der Waals surface area contributed by atoms with Gasteiger partial charge in [0.05, 0.1) is 0 Å². The summed E-state index contributed by atoms with van der Waals surface area (Å²) in [6, 6.07) is 13.7. The van der Waals surface area contributed by atoms with Crippen molar-refractivity contribution >= 4 is 10.8 Å². The first-order chi connectivity index (χ1) is 7.45. The normalized spacial score (nSPS) is 38.4. The fourth-order valence-corrected chi connectivity index (χ4v) is 4.25. The van der Waals surface area contributed by atoms with E-state index < -0.39 is 0 Å². The van der Waals surface area contributed by atoms with Gasteiger partial charge >= 0.3 is 0 Å². The van der Waals surface area contributed by atoms with Crippen molar-refractivity contribution in [3.05, 3.63) is 47.5 Å². The Labute approximate surface area is 88.9 Å². The molecule has 0 saturated heterocycles. The second-order valence-electron chi connectivity index (χ2n) is 5.41. The molecule has 4 atom stereocenters. The van der Waals surface area contributed by atoms with E-state index in [1.54, 1.807) is 16.5 Å². The predicted octanol–water partition coefficient (Wildman–Crippen LogP) is 3.67. The van der Waals surface area contributed by atoms with Crippen LogP contribution in [-0.2, 0) is 0 Å². The first-order valence-electron chi connectivity index (χ1n) is 5.97. The molecule has 0 nitrogen and oxygen atoms in total. The van der Waals surface area contributed by atoms with Gasteiger partial charge in [-0.05, 0) is 52.0 Å². The zero-order chi connectivity index (χ0) is 9.57. The van der Waals surface area contributed by atoms with Crippen molar-refractivity contribution in [2.45, 2.75) is 18.3 Å². The molecule has 2 aromatic carbocycles. The Morgan fingerprint density at radius 2 is 1.40 bits per heavy atom. The van der Waals surface area contributed by atoms with Crippen LogP contribution in [-0.4, -0.2) is 0 Å².